The van der Waals surface area contributed by atoms with Crippen molar-refractivity contribution >= 4 is 17.7 Å². The lowest BCUT2D eigenvalue weighted by Gasteiger charge is -2.18. The summed E-state index contributed by atoms with van der Waals surface area (Å²) in [4.78, 5) is 12.4. The Balaban J connectivity index is 1.79. The van der Waals surface area contributed by atoms with Gasteiger partial charge in [-0.1, -0.05) is 6.07 Å². The van der Waals surface area contributed by atoms with Crippen LogP contribution in [-0.2, 0) is 4.79 Å². The minimum absolute atomic E-state index is 0.0780. The van der Waals surface area contributed by atoms with Crippen LogP contribution in [0.25, 0.3) is 6.08 Å². The molecule has 26 heavy (non-hydrogen) atoms. The van der Waals surface area contributed by atoms with E-state index in [1.54, 1.807) is 30.3 Å². The number of methoxy groups -OCH3 is 1. The van der Waals surface area contributed by atoms with Gasteiger partial charge in [0, 0.05) is 11.8 Å². The van der Waals surface area contributed by atoms with Gasteiger partial charge in [-0.15, -0.1) is 0 Å². The van der Waals surface area contributed by atoms with Crippen LogP contribution < -0.4 is 19.5 Å². The van der Waals surface area contributed by atoms with E-state index in [-0.39, 0.29) is 11.3 Å². The van der Waals surface area contributed by atoms with E-state index in [0.29, 0.717) is 41.7 Å². The molecule has 0 unspecified atom stereocenters. The molecule has 1 aliphatic heterocycles. The number of nitrogens with one attached hydrogen (secondary N) is 1. The second-order valence-electron chi connectivity index (χ2n) is 5.41. The number of fused-ring (bicyclic) bond motifs is 1. The Morgan fingerprint density at radius 3 is 2.69 bits per heavy atom. The Kier molecular flexibility index (Phi) is 4.94. The molecule has 2 aromatic rings. The summed E-state index contributed by atoms with van der Waals surface area (Å²) in [5.41, 5.74) is 0.875. The van der Waals surface area contributed by atoms with Crippen LogP contribution in [0.4, 0.5) is 5.69 Å². The Bertz CT molecular complexity index is 915. The van der Waals surface area contributed by atoms with E-state index in [9.17, 15) is 15.2 Å². The van der Waals surface area contributed by atoms with Gasteiger partial charge in [-0.2, -0.15) is 5.26 Å². The predicted octanol–water partition coefficient (Wildman–Crippen LogP) is 2.72. The number of phenols is 1. The number of hydrogen-bond donors (Lipinski definition) is 2. The normalized spacial score (nSPS) is 12.8. The quantitative estimate of drug-likeness (QED) is 0.648. The molecule has 132 valence electrons. The Labute approximate surface area is 150 Å². The highest BCUT2D eigenvalue weighted by Gasteiger charge is 2.15. The molecule has 0 aromatic heterocycles. The molecular formula is C19H16N2O5. The minimum Gasteiger partial charge on any atom is -0.504 e. The molecule has 0 atom stereocenters. The van der Waals surface area contributed by atoms with E-state index in [0.717, 1.165) is 0 Å². The Hall–Kier alpha value is -3.66. The van der Waals surface area contributed by atoms with Crippen LogP contribution in [0.15, 0.2) is 42.0 Å². The first-order valence-corrected chi connectivity index (χ1v) is 7.80. The lowest BCUT2D eigenvalue weighted by Crippen LogP contribution is -2.17. The molecule has 0 radical (unpaired) electrons. The highest BCUT2D eigenvalue weighted by molar-refractivity contribution is 6.09. The van der Waals surface area contributed by atoms with Crippen molar-refractivity contribution in [1.29, 1.82) is 5.26 Å². The van der Waals surface area contributed by atoms with Gasteiger partial charge in [0.1, 0.15) is 24.9 Å². The van der Waals surface area contributed by atoms with Crippen molar-refractivity contribution in [2.24, 2.45) is 0 Å². The van der Waals surface area contributed by atoms with Gasteiger partial charge < -0.3 is 24.6 Å². The topological polar surface area (TPSA) is 101 Å². The number of rotatable bonds is 4. The molecule has 2 N–H and O–H groups in total. The molecule has 2 aromatic carbocycles. The Morgan fingerprint density at radius 2 is 2.00 bits per heavy atom. The minimum atomic E-state index is -0.570. The van der Waals surface area contributed by atoms with E-state index < -0.39 is 5.91 Å². The monoisotopic (exact) mass is 352 g/mol. The van der Waals surface area contributed by atoms with E-state index in [2.05, 4.69) is 5.32 Å². The zero-order valence-corrected chi connectivity index (χ0v) is 14.0. The van der Waals surface area contributed by atoms with Crippen molar-refractivity contribution < 1.29 is 24.1 Å². The van der Waals surface area contributed by atoms with Crippen LogP contribution >= 0.6 is 0 Å². The summed E-state index contributed by atoms with van der Waals surface area (Å²) < 4.78 is 15.9. The summed E-state index contributed by atoms with van der Waals surface area (Å²) in [6.07, 6.45) is 1.38. The number of aromatic hydroxyl groups is 1. The number of benzene rings is 2. The maximum Gasteiger partial charge on any atom is 0.266 e. The summed E-state index contributed by atoms with van der Waals surface area (Å²) in [5.74, 6) is 0.808. The van der Waals surface area contributed by atoms with Crippen molar-refractivity contribution in [1.82, 2.24) is 0 Å². The van der Waals surface area contributed by atoms with Gasteiger partial charge in [0.15, 0.2) is 23.0 Å². The molecule has 0 bridgehead atoms. The predicted molar refractivity (Wildman–Crippen MR) is 94.3 cm³/mol. The first-order chi connectivity index (χ1) is 12.6. The van der Waals surface area contributed by atoms with Crippen molar-refractivity contribution in [3.63, 3.8) is 0 Å². The molecule has 0 saturated heterocycles. The summed E-state index contributed by atoms with van der Waals surface area (Å²) in [7, 11) is 1.44. The van der Waals surface area contributed by atoms with Gasteiger partial charge in [-0.05, 0) is 35.9 Å². The van der Waals surface area contributed by atoms with Crippen LogP contribution in [0.5, 0.6) is 23.0 Å². The summed E-state index contributed by atoms with van der Waals surface area (Å²) in [5, 5.41) is 21.7. The first-order valence-electron chi connectivity index (χ1n) is 7.80. The summed E-state index contributed by atoms with van der Waals surface area (Å²) in [6.45, 7) is 0.920. The SMILES string of the molecule is COc1ccc(C=C(C#N)C(=O)Nc2ccc3c(c2)OCCO3)cc1O. The number of ether oxygens (including phenoxy) is 3. The Morgan fingerprint density at radius 1 is 1.23 bits per heavy atom. The molecule has 0 spiro atoms. The number of carbonyl (C=O) groups excluding carboxylic acids is 1. The molecular weight excluding hydrogens is 336 g/mol. The van der Waals surface area contributed by atoms with Gasteiger partial charge in [-0.3, -0.25) is 4.79 Å². The highest BCUT2D eigenvalue weighted by atomic mass is 16.6. The standard InChI is InChI=1S/C19H16N2O5/c1-24-16-4-2-12(9-15(16)22)8-13(11-20)19(23)21-14-3-5-17-18(10-14)26-7-6-25-17/h2-5,8-10,22H,6-7H2,1H3,(H,21,23). The number of amides is 1. The molecule has 1 amide bonds. The molecule has 7 nitrogen and oxygen atoms in total. The molecule has 0 fully saturated rings. The van der Waals surface area contributed by atoms with Crippen molar-refractivity contribution in [2.45, 2.75) is 0 Å². The van der Waals surface area contributed by atoms with Crippen molar-refractivity contribution in [3.05, 3.63) is 47.5 Å². The van der Waals surface area contributed by atoms with Gasteiger partial charge >= 0.3 is 0 Å². The highest BCUT2D eigenvalue weighted by Crippen LogP contribution is 2.33. The van der Waals surface area contributed by atoms with Gasteiger partial charge in [0.2, 0.25) is 0 Å². The number of phenolic OH excluding ortho intramolecular Hbond substituents is 1. The number of anilines is 1. The third-order valence-corrected chi connectivity index (χ3v) is 3.68. The average molecular weight is 352 g/mol. The number of nitrogens with zero attached hydrogens (tertiary/aromatic N) is 1. The molecule has 7 heteroatoms. The lowest BCUT2D eigenvalue weighted by atomic mass is 10.1. The molecule has 0 saturated carbocycles. The number of hydrogen-bond acceptors (Lipinski definition) is 6. The first kappa shape index (κ1) is 17.2. The maximum atomic E-state index is 12.4. The van der Waals surface area contributed by atoms with Gasteiger partial charge in [0.25, 0.3) is 5.91 Å². The van der Waals surface area contributed by atoms with Gasteiger partial charge in [-0.25, -0.2) is 0 Å². The number of carbonyl (C=O) groups is 1. The second-order valence-corrected chi connectivity index (χ2v) is 5.41. The molecule has 3 rings (SSSR count). The average Bonchev–Trinajstić information content (AvgIpc) is 2.66. The zero-order chi connectivity index (χ0) is 18.5. The fraction of sp³-hybridized carbons (Fsp3) is 0.158. The lowest BCUT2D eigenvalue weighted by molar-refractivity contribution is -0.112. The largest absolute Gasteiger partial charge is 0.504 e. The van der Waals surface area contributed by atoms with Crippen LogP contribution in [0.2, 0.25) is 0 Å². The van der Waals surface area contributed by atoms with Crippen molar-refractivity contribution in [3.8, 4) is 29.1 Å². The molecule has 1 heterocycles. The van der Waals surface area contributed by atoms with Crippen LogP contribution in [0.3, 0.4) is 0 Å². The maximum absolute atomic E-state index is 12.4. The third-order valence-electron chi connectivity index (χ3n) is 3.68. The number of nitriles is 1. The van der Waals surface area contributed by atoms with Gasteiger partial charge in [0.05, 0.1) is 7.11 Å². The van der Waals surface area contributed by atoms with Crippen LogP contribution in [0.1, 0.15) is 5.56 Å². The van der Waals surface area contributed by atoms with E-state index in [1.165, 1.54) is 19.3 Å². The second kappa shape index (κ2) is 7.49. The van der Waals surface area contributed by atoms with Crippen LogP contribution in [-0.4, -0.2) is 31.3 Å². The van der Waals surface area contributed by atoms with E-state index >= 15 is 0 Å². The smallest absolute Gasteiger partial charge is 0.266 e. The molecule has 0 aliphatic carbocycles. The van der Waals surface area contributed by atoms with Crippen LogP contribution in [0, 0.1) is 11.3 Å². The summed E-state index contributed by atoms with van der Waals surface area (Å²) >= 11 is 0. The zero-order valence-electron chi connectivity index (χ0n) is 14.0. The fourth-order valence-corrected chi connectivity index (χ4v) is 2.43. The fourth-order valence-electron chi connectivity index (χ4n) is 2.43. The van der Waals surface area contributed by atoms with Crippen molar-refractivity contribution in [2.75, 3.05) is 25.6 Å². The van der Waals surface area contributed by atoms with E-state index in [4.69, 9.17) is 14.2 Å². The third kappa shape index (κ3) is 3.70. The van der Waals surface area contributed by atoms with E-state index in [1.807, 2.05) is 6.07 Å². The summed E-state index contributed by atoms with van der Waals surface area (Å²) in [6, 6.07) is 11.5. The molecule has 1 aliphatic rings.